The maximum Gasteiger partial charge on any atom is 0.408 e. The number of aromatic nitrogens is 2. The number of nitrogens with one attached hydrogen (secondary N) is 3. The third kappa shape index (κ3) is 7.67. The van der Waals surface area contributed by atoms with Gasteiger partial charge >= 0.3 is 6.09 Å². The lowest BCUT2D eigenvalue weighted by Crippen LogP contribution is -2.58. The molecule has 1 aliphatic carbocycles. The van der Waals surface area contributed by atoms with Crippen molar-refractivity contribution in [2.75, 3.05) is 6.54 Å². The average molecular weight is 688 g/mol. The molecule has 2 unspecified atom stereocenters. The van der Waals surface area contributed by atoms with Crippen molar-refractivity contribution in [3.05, 3.63) is 54.4 Å². The molecular formula is C35H41N7O6S. The lowest BCUT2D eigenvalue weighted by molar-refractivity contribution is -0.142. The van der Waals surface area contributed by atoms with Crippen LogP contribution in [0.2, 0.25) is 0 Å². The summed E-state index contributed by atoms with van der Waals surface area (Å²) in [5.74, 6) is -2.22. The van der Waals surface area contributed by atoms with Crippen LogP contribution >= 0.6 is 11.3 Å². The predicted octanol–water partition coefficient (Wildman–Crippen LogP) is 4.30. The molecule has 13 nitrogen and oxygen atoms in total. The number of benzene rings is 1. The third-order valence-electron chi connectivity index (χ3n) is 8.79. The van der Waals surface area contributed by atoms with Gasteiger partial charge in [-0.25, -0.2) is 14.8 Å². The topological polar surface area (TPSA) is 176 Å². The first kappa shape index (κ1) is 35.3. The molecule has 0 radical (unpaired) electrons. The number of nitrogens with zero attached hydrogens (tertiary/aromatic N) is 4. The van der Waals surface area contributed by atoms with Gasteiger partial charge in [0.25, 0.3) is 5.91 Å². The highest BCUT2D eigenvalue weighted by Gasteiger charge is 2.61. The van der Waals surface area contributed by atoms with Crippen LogP contribution in [-0.4, -0.2) is 74.6 Å². The number of alkyl carbamates (subject to hydrolysis) is 1. The van der Waals surface area contributed by atoms with E-state index in [9.17, 15) is 19.2 Å². The fourth-order valence-corrected chi connectivity index (χ4v) is 6.67. The standard InChI is InChI=1S/C35H41N7O6S/c1-7-20(3)27(40-33(46)48-34(4,5)6)31(44)42-18-22(16-25(42)29(43)41-35(17-21(35)8-2)32(45)37-19-36)47-30-28(26-14-11-15-49-26)38-23-12-9-10-13-24(23)39-30/h8-15,20-22,25,27H,2,7,16-18H2,1,3-6H3,(H,37,45)(H,40,46)(H,41,43)/t20?,21?,22-,25+,27-,35-/m1/s1. The Morgan fingerprint density at radius 2 is 1.90 bits per heavy atom. The van der Waals surface area contributed by atoms with Crippen molar-refractivity contribution in [3.63, 3.8) is 0 Å². The van der Waals surface area contributed by atoms with Gasteiger partial charge < -0.3 is 25.0 Å². The van der Waals surface area contributed by atoms with Gasteiger partial charge in [0.05, 0.1) is 22.5 Å². The number of thiophene rings is 1. The van der Waals surface area contributed by atoms with Crippen LogP contribution in [0.1, 0.15) is 53.9 Å². The SMILES string of the molecule is C=CC1C[C@]1(NC(=O)[C@@H]1C[C@@H](Oc2nc3ccccc3nc2-c2cccs2)CN1C(=O)[C@H](NC(=O)OC(C)(C)C)C(C)CC)C(=O)NC#N. The largest absolute Gasteiger partial charge is 0.471 e. The van der Waals surface area contributed by atoms with Crippen molar-refractivity contribution in [1.82, 2.24) is 30.8 Å². The molecule has 0 bridgehead atoms. The summed E-state index contributed by atoms with van der Waals surface area (Å²) in [5, 5.41) is 18.7. The van der Waals surface area contributed by atoms with Gasteiger partial charge in [-0.15, -0.1) is 17.9 Å². The van der Waals surface area contributed by atoms with E-state index < -0.39 is 59.1 Å². The molecule has 1 aromatic carbocycles. The van der Waals surface area contributed by atoms with E-state index in [0.717, 1.165) is 4.88 Å². The summed E-state index contributed by atoms with van der Waals surface area (Å²) >= 11 is 1.48. The molecule has 2 fully saturated rings. The van der Waals surface area contributed by atoms with Gasteiger partial charge in [-0.05, 0) is 56.7 Å². The fraction of sp³-hybridized carbons (Fsp3) is 0.457. The molecule has 4 amide bonds. The third-order valence-corrected chi connectivity index (χ3v) is 9.67. The number of carbonyl (C=O) groups is 4. The number of para-hydroxylation sites is 2. The Kier molecular flexibility index (Phi) is 10.2. The minimum atomic E-state index is -1.37. The number of hydrogen-bond acceptors (Lipinski definition) is 10. The van der Waals surface area contributed by atoms with E-state index in [1.165, 1.54) is 16.2 Å². The molecule has 258 valence electrons. The van der Waals surface area contributed by atoms with Gasteiger partial charge in [-0.3, -0.25) is 19.7 Å². The zero-order chi connectivity index (χ0) is 35.5. The monoisotopic (exact) mass is 687 g/mol. The summed E-state index contributed by atoms with van der Waals surface area (Å²) in [6, 6.07) is 9.11. The molecule has 1 saturated heterocycles. The van der Waals surface area contributed by atoms with Crippen molar-refractivity contribution in [1.29, 1.82) is 5.26 Å². The van der Waals surface area contributed by atoms with Crippen LogP contribution in [0.25, 0.3) is 21.6 Å². The maximum atomic E-state index is 14.4. The number of rotatable bonds is 11. The van der Waals surface area contributed by atoms with Crippen molar-refractivity contribution in [2.24, 2.45) is 11.8 Å². The Morgan fingerprint density at radius 3 is 2.49 bits per heavy atom. The number of ether oxygens (including phenoxy) is 2. The lowest BCUT2D eigenvalue weighted by Gasteiger charge is -2.32. The number of likely N-dealkylation sites (tertiary alicyclic amines) is 1. The Bertz CT molecular complexity index is 1780. The van der Waals surface area contributed by atoms with Gasteiger partial charge in [0.2, 0.25) is 17.7 Å². The average Bonchev–Trinajstić information content (AvgIpc) is 3.35. The van der Waals surface area contributed by atoms with E-state index >= 15 is 0 Å². The van der Waals surface area contributed by atoms with Crippen LogP contribution in [0, 0.1) is 23.3 Å². The van der Waals surface area contributed by atoms with Gasteiger partial charge in [-0.2, -0.15) is 5.26 Å². The molecule has 14 heteroatoms. The van der Waals surface area contributed by atoms with E-state index in [1.54, 1.807) is 33.0 Å². The summed E-state index contributed by atoms with van der Waals surface area (Å²) in [6.45, 7) is 12.6. The molecule has 5 rings (SSSR count). The maximum absolute atomic E-state index is 14.4. The van der Waals surface area contributed by atoms with E-state index in [2.05, 4.69) is 22.5 Å². The van der Waals surface area contributed by atoms with Crippen LogP contribution in [0.15, 0.2) is 54.4 Å². The van der Waals surface area contributed by atoms with Crippen LogP contribution in [0.5, 0.6) is 5.88 Å². The summed E-state index contributed by atoms with van der Waals surface area (Å²) < 4.78 is 12.0. The first-order chi connectivity index (χ1) is 23.3. The zero-order valence-electron chi connectivity index (χ0n) is 28.2. The van der Waals surface area contributed by atoms with E-state index in [4.69, 9.17) is 24.7 Å². The Hall–Kier alpha value is -5.03. The molecule has 3 heterocycles. The van der Waals surface area contributed by atoms with Crippen LogP contribution in [-0.2, 0) is 19.1 Å². The van der Waals surface area contributed by atoms with E-state index in [0.29, 0.717) is 23.1 Å². The minimum Gasteiger partial charge on any atom is -0.471 e. The van der Waals surface area contributed by atoms with Crippen molar-refractivity contribution in [3.8, 4) is 22.6 Å². The minimum absolute atomic E-state index is 0.0134. The number of carbonyl (C=O) groups excluding carboxylic acids is 4. The number of hydrogen-bond donors (Lipinski definition) is 3. The van der Waals surface area contributed by atoms with Crippen molar-refractivity contribution >= 4 is 46.2 Å². The molecular weight excluding hydrogens is 646 g/mol. The van der Waals surface area contributed by atoms with Gasteiger partial charge in [-0.1, -0.05) is 44.5 Å². The predicted molar refractivity (Wildman–Crippen MR) is 183 cm³/mol. The second kappa shape index (κ2) is 14.2. The summed E-state index contributed by atoms with van der Waals surface area (Å²) in [5.41, 5.74) is -0.337. The summed E-state index contributed by atoms with van der Waals surface area (Å²) in [7, 11) is 0. The number of fused-ring (bicyclic) bond motifs is 1. The number of amides is 4. The molecule has 2 aliphatic rings. The highest BCUT2D eigenvalue weighted by molar-refractivity contribution is 7.13. The molecule has 6 atom stereocenters. The Labute approximate surface area is 289 Å². The molecule has 1 saturated carbocycles. The van der Waals surface area contributed by atoms with Crippen molar-refractivity contribution in [2.45, 2.75) is 83.2 Å². The molecule has 2 aromatic heterocycles. The second-order valence-electron chi connectivity index (χ2n) is 13.4. The first-order valence-corrected chi connectivity index (χ1v) is 17.1. The van der Waals surface area contributed by atoms with E-state index in [-0.39, 0.29) is 31.2 Å². The van der Waals surface area contributed by atoms with Gasteiger partial charge in [0.15, 0.2) is 6.19 Å². The quantitative estimate of drug-likeness (QED) is 0.151. The fourth-order valence-electron chi connectivity index (χ4n) is 5.97. The lowest BCUT2D eigenvalue weighted by atomic mass is 9.97. The normalized spacial score (nSPS) is 22.7. The smallest absolute Gasteiger partial charge is 0.408 e. The van der Waals surface area contributed by atoms with E-state index in [1.807, 2.05) is 55.6 Å². The second-order valence-corrected chi connectivity index (χ2v) is 14.4. The summed E-state index contributed by atoms with van der Waals surface area (Å²) in [6.07, 6.45) is 2.58. The highest BCUT2D eigenvalue weighted by Crippen LogP contribution is 2.45. The first-order valence-electron chi connectivity index (χ1n) is 16.2. The molecule has 0 spiro atoms. The Balaban J connectivity index is 1.48. The highest BCUT2D eigenvalue weighted by atomic mass is 32.1. The number of nitriles is 1. The molecule has 1 aliphatic heterocycles. The zero-order valence-corrected chi connectivity index (χ0v) is 29.0. The Morgan fingerprint density at radius 1 is 1.18 bits per heavy atom. The van der Waals surface area contributed by atoms with Crippen LogP contribution in [0.4, 0.5) is 4.79 Å². The van der Waals surface area contributed by atoms with Crippen LogP contribution in [0.3, 0.4) is 0 Å². The van der Waals surface area contributed by atoms with Gasteiger partial charge in [0.1, 0.15) is 35.0 Å². The molecule has 49 heavy (non-hydrogen) atoms. The van der Waals surface area contributed by atoms with Crippen LogP contribution < -0.4 is 20.7 Å². The summed E-state index contributed by atoms with van der Waals surface area (Å²) in [4.78, 5) is 66.1. The van der Waals surface area contributed by atoms with Crippen molar-refractivity contribution < 1.29 is 28.7 Å². The molecule has 3 aromatic rings. The molecule has 3 N–H and O–H groups in total. The van der Waals surface area contributed by atoms with Gasteiger partial charge in [0, 0.05) is 12.3 Å².